The van der Waals surface area contributed by atoms with E-state index >= 15 is 0 Å². The number of unbranched alkanes of at least 4 members (excludes halogenated alkanes) is 1. The highest BCUT2D eigenvalue weighted by Crippen LogP contribution is 2.08. The summed E-state index contributed by atoms with van der Waals surface area (Å²) in [6.07, 6.45) is 4.04. The van der Waals surface area contributed by atoms with Crippen LogP contribution in [0.4, 0.5) is 0 Å². The van der Waals surface area contributed by atoms with Crippen molar-refractivity contribution in [3.8, 4) is 0 Å². The minimum atomic E-state index is -0.110. The third-order valence-electron chi connectivity index (χ3n) is 2.35. The first-order valence-electron chi connectivity index (χ1n) is 6.04. The van der Waals surface area contributed by atoms with Gasteiger partial charge in [-0.15, -0.1) is 16.9 Å². The van der Waals surface area contributed by atoms with Crippen molar-refractivity contribution in [3.63, 3.8) is 0 Å². The third kappa shape index (κ3) is 5.31. The van der Waals surface area contributed by atoms with Gasteiger partial charge < -0.3 is 4.98 Å². The highest BCUT2D eigenvalue weighted by Gasteiger charge is 1.97. The summed E-state index contributed by atoms with van der Waals surface area (Å²) in [6.45, 7) is 6.01. The van der Waals surface area contributed by atoms with Gasteiger partial charge in [-0.25, -0.2) is 0 Å². The lowest BCUT2D eigenvalue weighted by Crippen LogP contribution is -2.05. The van der Waals surface area contributed by atoms with Crippen LogP contribution in [-0.2, 0) is 0 Å². The molecule has 18 heavy (non-hydrogen) atoms. The molecule has 0 fully saturated rings. The number of nitrogens with zero attached hydrogens (tertiary/aromatic N) is 2. The smallest absolute Gasteiger partial charge is 0.247 e. The Morgan fingerprint density at radius 2 is 2.11 bits per heavy atom. The molecule has 1 N–H and O–H groups in total. The zero-order chi connectivity index (χ0) is 13.4. The molecule has 0 atom stereocenters. The van der Waals surface area contributed by atoms with E-state index in [9.17, 15) is 4.79 Å². The Labute approximate surface area is 112 Å². The first-order chi connectivity index (χ1) is 8.63. The number of aromatic nitrogens is 1. The van der Waals surface area contributed by atoms with Crippen LogP contribution in [0, 0.1) is 0 Å². The van der Waals surface area contributed by atoms with Crippen molar-refractivity contribution in [2.45, 2.75) is 33.6 Å². The van der Waals surface area contributed by atoms with Crippen LogP contribution in [0.5, 0.6) is 0 Å². The molecule has 0 saturated carbocycles. The van der Waals surface area contributed by atoms with E-state index in [4.69, 9.17) is 0 Å². The Morgan fingerprint density at radius 3 is 2.72 bits per heavy atom. The number of thioether (sulfide) groups is 1. The molecule has 0 aromatic carbocycles. The molecule has 0 amide bonds. The van der Waals surface area contributed by atoms with E-state index < -0.39 is 0 Å². The van der Waals surface area contributed by atoms with Gasteiger partial charge >= 0.3 is 0 Å². The lowest BCUT2D eigenvalue weighted by molar-refractivity contribution is 0.898. The Balaban J connectivity index is 2.62. The summed E-state index contributed by atoms with van der Waals surface area (Å²) in [5.41, 5.74) is 1.56. The van der Waals surface area contributed by atoms with Crippen LogP contribution in [-0.4, -0.2) is 21.5 Å². The van der Waals surface area contributed by atoms with Crippen LogP contribution in [0.2, 0.25) is 0 Å². The first kappa shape index (κ1) is 14.7. The van der Waals surface area contributed by atoms with E-state index in [1.807, 2.05) is 13.8 Å². The van der Waals surface area contributed by atoms with Crippen molar-refractivity contribution < 1.29 is 0 Å². The first-order valence-corrected chi connectivity index (χ1v) is 7.02. The molecule has 5 heteroatoms. The fraction of sp³-hybridized carbons (Fsp3) is 0.462. The zero-order valence-electron chi connectivity index (χ0n) is 11.1. The molecule has 0 unspecified atom stereocenters. The van der Waals surface area contributed by atoms with Gasteiger partial charge in [-0.3, -0.25) is 4.79 Å². The Kier molecular flexibility index (Phi) is 6.43. The minimum absolute atomic E-state index is 0.110. The topological polar surface area (TPSA) is 57.6 Å². The Hall–Kier alpha value is -1.36. The zero-order valence-corrected chi connectivity index (χ0v) is 11.9. The normalized spacial score (nSPS) is 12.8. The van der Waals surface area contributed by atoms with Crippen LogP contribution < -0.4 is 5.56 Å². The molecule has 0 aliphatic carbocycles. The number of hydrogen-bond donors (Lipinski definition) is 1. The van der Waals surface area contributed by atoms with E-state index in [0.717, 1.165) is 22.1 Å². The van der Waals surface area contributed by atoms with Crippen LogP contribution in [0.3, 0.4) is 0 Å². The van der Waals surface area contributed by atoms with Crippen LogP contribution in [0.15, 0.2) is 33.3 Å². The molecule has 0 saturated heterocycles. The van der Waals surface area contributed by atoms with E-state index in [1.54, 1.807) is 24.0 Å². The molecule has 0 bridgehead atoms. The molecule has 0 aliphatic rings. The second-order valence-electron chi connectivity index (χ2n) is 3.95. The highest BCUT2D eigenvalue weighted by atomic mass is 32.2. The molecule has 1 aromatic heterocycles. The number of rotatable bonds is 5. The van der Waals surface area contributed by atoms with Gasteiger partial charge in [-0.1, -0.05) is 13.3 Å². The van der Waals surface area contributed by atoms with Gasteiger partial charge in [0.1, 0.15) is 0 Å². The highest BCUT2D eigenvalue weighted by molar-refractivity contribution is 8.13. The van der Waals surface area contributed by atoms with E-state index in [1.165, 1.54) is 18.9 Å². The van der Waals surface area contributed by atoms with E-state index in [-0.39, 0.29) is 5.56 Å². The average Bonchev–Trinajstić information content (AvgIpc) is 2.37. The summed E-state index contributed by atoms with van der Waals surface area (Å²) in [7, 11) is 0. The summed E-state index contributed by atoms with van der Waals surface area (Å²) >= 11 is 1.73. The predicted octanol–water partition coefficient (Wildman–Crippen LogP) is 3.05. The molecular formula is C13H19N3OS. The molecular weight excluding hydrogens is 246 g/mol. The lowest BCUT2D eigenvalue weighted by Gasteiger charge is -1.99. The van der Waals surface area contributed by atoms with Gasteiger partial charge in [0.05, 0.1) is 10.8 Å². The second-order valence-corrected chi connectivity index (χ2v) is 5.24. The van der Waals surface area contributed by atoms with Crippen molar-refractivity contribution in [1.29, 1.82) is 0 Å². The van der Waals surface area contributed by atoms with Crippen molar-refractivity contribution in [1.82, 2.24) is 4.98 Å². The molecule has 0 radical (unpaired) electrons. The van der Waals surface area contributed by atoms with Gasteiger partial charge in [0.15, 0.2) is 0 Å². The van der Waals surface area contributed by atoms with Crippen molar-refractivity contribution >= 4 is 22.5 Å². The van der Waals surface area contributed by atoms with Crippen molar-refractivity contribution in [2.75, 3.05) is 5.75 Å². The summed E-state index contributed by atoms with van der Waals surface area (Å²) in [6, 6.07) is 3.23. The van der Waals surface area contributed by atoms with E-state index in [2.05, 4.69) is 22.1 Å². The number of aromatic amines is 1. The summed E-state index contributed by atoms with van der Waals surface area (Å²) in [4.78, 5) is 13.6. The van der Waals surface area contributed by atoms with Gasteiger partial charge in [0, 0.05) is 17.8 Å². The van der Waals surface area contributed by atoms with Gasteiger partial charge in [0.2, 0.25) is 5.56 Å². The SMILES string of the molecule is CCCCS/C(C)=N/N=C(\C)c1ccc(=O)[nH]c1. The summed E-state index contributed by atoms with van der Waals surface area (Å²) < 4.78 is 0. The van der Waals surface area contributed by atoms with Crippen LogP contribution in [0.1, 0.15) is 39.2 Å². The maximum absolute atomic E-state index is 10.9. The number of H-pyrrole nitrogens is 1. The number of hydrogen-bond acceptors (Lipinski definition) is 4. The fourth-order valence-corrected chi connectivity index (χ4v) is 2.06. The third-order valence-corrected chi connectivity index (χ3v) is 3.34. The second kappa shape index (κ2) is 7.87. The van der Waals surface area contributed by atoms with E-state index in [0.29, 0.717) is 0 Å². The largest absolute Gasteiger partial charge is 0.328 e. The molecule has 1 aromatic rings. The molecule has 0 spiro atoms. The van der Waals surface area contributed by atoms with Crippen molar-refractivity contribution in [3.05, 3.63) is 34.2 Å². The number of pyridine rings is 1. The molecule has 1 heterocycles. The monoisotopic (exact) mass is 265 g/mol. The van der Waals surface area contributed by atoms with Crippen LogP contribution in [0.25, 0.3) is 0 Å². The molecule has 1 rings (SSSR count). The minimum Gasteiger partial charge on any atom is -0.328 e. The van der Waals surface area contributed by atoms with Gasteiger partial charge in [-0.05, 0) is 32.1 Å². The Morgan fingerprint density at radius 1 is 1.33 bits per heavy atom. The summed E-state index contributed by atoms with van der Waals surface area (Å²) in [5.74, 6) is 1.08. The van der Waals surface area contributed by atoms with Crippen molar-refractivity contribution in [2.24, 2.45) is 10.2 Å². The number of nitrogens with one attached hydrogen (secondary N) is 1. The van der Waals surface area contributed by atoms with Gasteiger partial charge in [-0.2, -0.15) is 5.10 Å². The predicted molar refractivity (Wildman–Crippen MR) is 79.7 cm³/mol. The quantitative estimate of drug-likeness (QED) is 0.385. The average molecular weight is 265 g/mol. The van der Waals surface area contributed by atoms with Gasteiger partial charge in [0.25, 0.3) is 0 Å². The lowest BCUT2D eigenvalue weighted by atomic mass is 10.2. The maximum atomic E-state index is 10.9. The molecule has 0 aliphatic heterocycles. The Bertz CT molecular complexity index is 471. The fourth-order valence-electron chi connectivity index (χ4n) is 1.23. The molecule has 4 nitrogen and oxygen atoms in total. The maximum Gasteiger partial charge on any atom is 0.247 e. The van der Waals surface area contributed by atoms with Crippen LogP contribution >= 0.6 is 11.8 Å². The standard InChI is InChI=1S/C13H19N3OS/c1-4-5-8-18-11(3)16-15-10(2)12-6-7-13(17)14-9-12/h6-7,9H,4-5,8H2,1-3H3,(H,14,17)/b15-10+,16-11+. The molecule has 98 valence electrons. The summed E-state index contributed by atoms with van der Waals surface area (Å²) in [5, 5.41) is 9.30.